The van der Waals surface area contributed by atoms with E-state index in [4.69, 9.17) is 4.74 Å². The minimum Gasteiger partial charge on any atom is -0.381 e. The Labute approximate surface area is 158 Å². The lowest BCUT2D eigenvalue weighted by atomic mass is 9.73. The SMILES string of the molecule is CCOCC12CCN(C(C)=O)CC1CN(S(=O)(=O)c1cc(F)cc(F)c1)C2. The van der Waals surface area contributed by atoms with Gasteiger partial charge in [0.05, 0.1) is 11.5 Å². The zero-order chi connectivity index (χ0) is 19.8. The van der Waals surface area contributed by atoms with Crippen LogP contribution in [0, 0.1) is 23.0 Å². The van der Waals surface area contributed by atoms with Gasteiger partial charge in [-0.05, 0) is 31.4 Å². The molecule has 9 heteroatoms. The van der Waals surface area contributed by atoms with Gasteiger partial charge in [0, 0.05) is 51.2 Å². The number of fused-ring (bicyclic) bond motifs is 1. The first-order chi connectivity index (χ1) is 12.7. The van der Waals surface area contributed by atoms with Crippen LogP contribution in [-0.4, -0.2) is 62.9 Å². The van der Waals surface area contributed by atoms with Gasteiger partial charge in [0.1, 0.15) is 11.6 Å². The highest BCUT2D eigenvalue weighted by Crippen LogP contribution is 2.45. The highest BCUT2D eigenvalue weighted by Gasteiger charge is 2.52. The third-order valence-corrected chi connectivity index (χ3v) is 7.40. The van der Waals surface area contributed by atoms with E-state index in [0.29, 0.717) is 38.8 Å². The number of carbonyl (C=O) groups is 1. The van der Waals surface area contributed by atoms with Crippen LogP contribution in [0.2, 0.25) is 0 Å². The number of piperidine rings is 1. The second kappa shape index (κ2) is 7.44. The van der Waals surface area contributed by atoms with Crippen molar-refractivity contribution >= 4 is 15.9 Å². The molecule has 1 aromatic carbocycles. The zero-order valence-corrected chi connectivity index (χ0v) is 16.3. The molecule has 27 heavy (non-hydrogen) atoms. The second-order valence-corrected chi connectivity index (χ2v) is 9.25. The summed E-state index contributed by atoms with van der Waals surface area (Å²) in [4.78, 5) is 13.1. The Morgan fingerprint density at radius 2 is 1.93 bits per heavy atom. The quantitative estimate of drug-likeness (QED) is 0.754. The molecular weight excluding hydrogens is 378 g/mol. The molecule has 0 radical (unpaired) electrons. The first-order valence-corrected chi connectivity index (χ1v) is 10.4. The fourth-order valence-corrected chi connectivity index (χ4v) is 5.69. The first kappa shape index (κ1) is 20.2. The van der Waals surface area contributed by atoms with Crippen LogP contribution < -0.4 is 0 Å². The Kier molecular flexibility index (Phi) is 5.56. The van der Waals surface area contributed by atoms with Crippen LogP contribution >= 0.6 is 0 Å². The molecule has 2 unspecified atom stereocenters. The number of nitrogens with zero attached hydrogens (tertiary/aromatic N) is 2. The number of hydrogen-bond donors (Lipinski definition) is 0. The van der Waals surface area contributed by atoms with Crippen LogP contribution in [0.1, 0.15) is 20.3 Å². The summed E-state index contributed by atoms with van der Waals surface area (Å²) in [6.45, 7) is 5.66. The Bertz CT molecular complexity index is 812. The highest BCUT2D eigenvalue weighted by atomic mass is 32.2. The monoisotopic (exact) mass is 402 g/mol. The van der Waals surface area contributed by atoms with Crippen molar-refractivity contribution in [2.75, 3.05) is 39.4 Å². The summed E-state index contributed by atoms with van der Waals surface area (Å²) < 4.78 is 59.9. The fourth-order valence-electron chi connectivity index (χ4n) is 4.07. The van der Waals surface area contributed by atoms with Crippen molar-refractivity contribution in [2.24, 2.45) is 11.3 Å². The van der Waals surface area contributed by atoms with Gasteiger partial charge < -0.3 is 9.64 Å². The number of ether oxygens (including phenoxy) is 1. The molecule has 2 aliphatic heterocycles. The lowest BCUT2D eigenvalue weighted by molar-refractivity contribution is -0.133. The van der Waals surface area contributed by atoms with Gasteiger partial charge in [0.15, 0.2) is 0 Å². The molecule has 0 aliphatic carbocycles. The summed E-state index contributed by atoms with van der Waals surface area (Å²) in [7, 11) is -4.05. The van der Waals surface area contributed by atoms with Crippen LogP contribution in [-0.2, 0) is 19.6 Å². The molecule has 0 spiro atoms. The lowest BCUT2D eigenvalue weighted by Crippen LogP contribution is -2.50. The molecular formula is C18H24F2N2O4S. The maximum absolute atomic E-state index is 13.5. The third kappa shape index (κ3) is 3.86. The first-order valence-electron chi connectivity index (χ1n) is 8.97. The van der Waals surface area contributed by atoms with Crippen molar-refractivity contribution in [1.29, 1.82) is 0 Å². The van der Waals surface area contributed by atoms with E-state index >= 15 is 0 Å². The van der Waals surface area contributed by atoms with E-state index in [0.717, 1.165) is 12.1 Å². The Hall–Kier alpha value is -1.58. The molecule has 2 heterocycles. The maximum atomic E-state index is 13.5. The molecule has 3 rings (SSSR count). The number of amides is 1. The van der Waals surface area contributed by atoms with Crippen LogP contribution in [0.3, 0.4) is 0 Å². The molecule has 2 atom stereocenters. The van der Waals surface area contributed by atoms with Crippen molar-refractivity contribution in [3.8, 4) is 0 Å². The third-order valence-electron chi connectivity index (χ3n) is 5.61. The molecule has 6 nitrogen and oxygen atoms in total. The van der Waals surface area contributed by atoms with Crippen molar-refractivity contribution < 1.29 is 26.7 Å². The average molecular weight is 402 g/mol. The zero-order valence-electron chi connectivity index (χ0n) is 15.5. The summed E-state index contributed by atoms with van der Waals surface area (Å²) in [5.74, 6) is -2.00. The van der Waals surface area contributed by atoms with Crippen LogP contribution in [0.25, 0.3) is 0 Å². The van der Waals surface area contributed by atoms with Gasteiger partial charge >= 0.3 is 0 Å². The van der Waals surface area contributed by atoms with Gasteiger partial charge in [-0.1, -0.05) is 0 Å². The number of carbonyl (C=O) groups excluding carboxylic acids is 1. The molecule has 2 fully saturated rings. The molecule has 150 valence electrons. The smallest absolute Gasteiger partial charge is 0.243 e. The number of halogens is 2. The topological polar surface area (TPSA) is 66.9 Å². The summed E-state index contributed by atoms with van der Waals surface area (Å²) >= 11 is 0. The molecule has 1 amide bonds. The van der Waals surface area contributed by atoms with E-state index in [-0.39, 0.29) is 24.9 Å². The van der Waals surface area contributed by atoms with Gasteiger partial charge in [-0.25, -0.2) is 17.2 Å². The Morgan fingerprint density at radius 1 is 1.26 bits per heavy atom. The molecule has 2 saturated heterocycles. The summed E-state index contributed by atoms with van der Waals surface area (Å²) in [5, 5.41) is 0. The normalized spacial score (nSPS) is 26.2. The second-order valence-electron chi connectivity index (χ2n) is 7.31. The van der Waals surface area contributed by atoms with E-state index in [9.17, 15) is 22.0 Å². The van der Waals surface area contributed by atoms with E-state index < -0.39 is 32.0 Å². The minimum atomic E-state index is -4.05. The molecule has 0 aromatic heterocycles. The minimum absolute atomic E-state index is 0.0477. The highest BCUT2D eigenvalue weighted by molar-refractivity contribution is 7.89. The molecule has 0 bridgehead atoms. The van der Waals surface area contributed by atoms with E-state index in [1.807, 2.05) is 6.92 Å². The molecule has 0 saturated carbocycles. The standard InChI is InChI=1S/C18H24F2N2O4S/c1-3-26-12-18-4-5-21(13(2)23)9-14(18)10-22(11-18)27(24,25)17-7-15(19)6-16(20)8-17/h6-8,14H,3-5,9-12H2,1-2H3. The van der Waals surface area contributed by atoms with Gasteiger partial charge in [0.2, 0.25) is 15.9 Å². The van der Waals surface area contributed by atoms with Crippen molar-refractivity contribution in [3.63, 3.8) is 0 Å². The molecule has 2 aliphatic rings. The number of hydrogen-bond acceptors (Lipinski definition) is 4. The summed E-state index contributed by atoms with van der Waals surface area (Å²) in [5.41, 5.74) is -0.402. The van der Waals surface area contributed by atoms with Gasteiger partial charge in [0.25, 0.3) is 0 Å². The number of sulfonamides is 1. The summed E-state index contributed by atoms with van der Waals surface area (Å²) in [6.07, 6.45) is 0.626. The van der Waals surface area contributed by atoms with E-state index in [1.165, 1.54) is 11.2 Å². The van der Waals surface area contributed by atoms with Gasteiger partial charge in [-0.3, -0.25) is 4.79 Å². The molecule has 1 aromatic rings. The maximum Gasteiger partial charge on any atom is 0.243 e. The van der Waals surface area contributed by atoms with Gasteiger partial charge in [-0.15, -0.1) is 0 Å². The number of rotatable bonds is 5. The fraction of sp³-hybridized carbons (Fsp3) is 0.611. The predicted octanol–water partition coefficient (Wildman–Crippen LogP) is 1.86. The van der Waals surface area contributed by atoms with Crippen molar-refractivity contribution in [1.82, 2.24) is 9.21 Å². The average Bonchev–Trinajstić information content (AvgIpc) is 2.98. The van der Waals surface area contributed by atoms with Crippen molar-refractivity contribution in [3.05, 3.63) is 29.8 Å². The predicted molar refractivity (Wildman–Crippen MR) is 94.4 cm³/mol. The largest absolute Gasteiger partial charge is 0.381 e. The van der Waals surface area contributed by atoms with Crippen LogP contribution in [0.4, 0.5) is 8.78 Å². The van der Waals surface area contributed by atoms with Crippen LogP contribution in [0.15, 0.2) is 23.1 Å². The summed E-state index contributed by atoms with van der Waals surface area (Å²) in [6, 6.07) is 2.30. The number of benzene rings is 1. The van der Waals surface area contributed by atoms with E-state index in [1.54, 1.807) is 4.90 Å². The Morgan fingerprint density at radius 3 is 2.52 bits per heavy atom. The van der Waals surface area contributed by atoms with Crippen LogP contribution in [0.5, 0.6) is 0 Å². The van der Waals surface area contributed by atoms with Crippen molar-refractivity contribution in [2.45, 2.75) is 25.2 Å². The Balaban J connectivity index is 1.90. The van der Waals surface area contributed by atoms with E-state index in [2.05, 4.69) is 0 Å². The molecule has 0 N–H and O–H groups in total. The lowest BCUT2D eigenvalue weighted by Gasteiger charge is -2.43. The number of likely N-dealkylation sites (tertiary alicyclic amines) is 1. The van der Waals surface area contributed by atoms with Gasteiger partial charge in [-0.2, -0.15) is 4.31 Å².